The Hall–Kier alpha value is -0.900. The predicted molar refractivity (Wildman–Crippen MR) is 70.9 cm³/mol. The molecule has 2 fully saturated rings. The fourth-order valence-electron chi connectivity index (χ4n) is 3.97. The second-order valence-corrected chi connectivity index (χ2v) is 5.89. The van der Waals surface area contributed by atoms with E-state index in [4.69, 9.17) is 14.2 Å². The van der Waals surface area contributed by atoms with Gasteiger partial charge < -0.3 is 14.2 Å². The van der Waals surface area contributed by atoms with E-state index in [1.807, 2.05) is 0 Å². The zero-order valence-corrected chi connectivity index (χ0v) is 11.2. The minimum absolute atomic E-state index is 0.183. The van der Waals surface area contributed by atoms with Crippen LogP contribution in [0.5, 0.6) is 0 Å². The van der Waals surface area contributed by atoms with Gasteiger partial charge in [-0.25, -0.2) is 0 Å². The lowest BCUT2D eigenvalue weighted by Gasteiger charge is -2.47. The minimum atomic E-state index is -0.386. The number of fused-ring (bicyclic) bond motifs is 2. The van der Waals surface area contributed by atoms with Gasteiger partial charge in [-0.3, -0.25) is 0 Å². The fraction of sp³-hybridized carbons (Fsp3) is 0.625. The van der Waals surface area contributed by atoms with Crippen LogP contribution in [0.2, 0.25) is 0 Å². The Morgan fingerprint density at radius 1 is 0.895 bits per heavy atom. The lowest BCUT2D eigenvalue weighted by molar-refractivity contribution is -0.234. The molecule has 1 atom stereocenters. The monoisotopic (exact) mass is 260 g/mol. The summed E-state index contributed by atoms with van der Waals surface area (Å²) in [7, 11) is 0. The molecule has 2 heterocycles. The Balaban J connectivity index is 1.74. The highest BCUT2D eigenvalue weighted by Crippen LogP contribution is 2.50. The van der Waals surface area contributed by atoms with E-state index < -0.39 is 0 Å². The molecule has 0 amide bonds. The van der Waals surface area contributed by atoms with Gasteiger partial charge in [0.05, 0.1) is 25.4 Å². The molecule has 2 spiro atoms. The van der Waals surface area contributed by atoms with E-state index in [9.17, 15) is 0 Å². The third-order valence-electron chi connectivity index (χ3n) is 4.76. The second-order valence-electron chi connectivity index (χ2n) is 5.89. The summed E-state index contributed by atoms with van der Waals surface area (Å²) in [5, 5.41) is 0. The average molecular weight is 260 g/mol. The largest absolute Gasteiger partial charge is 0.370 e. The van der Waals surface area contributed by atoms with Crippen molar-refractivity contribution in [1.82, 2.24) is 0 Å². The summed E-state index contributed by atoms with van der Waals surface area (Å²) in [6, 6.07) is 8.70. The number of hydrogen-bond acceptors (Lipinski definition) is 3. The Bertz CT molecular complexity index is 479. The van der Waals surface area contributed by atoms with Crippen molar-refractivity contribution >= 4 is 0 Å². The first-order valence-corrected chi connectivity index (χ1v) is 7.32. The first-order valence-electron chi connectivity index (χ1n) is 7.32. The molecule has 2 aliphatic heterocycles. The Kier molecular flexibility index (Phi) is 2.69. The van der Waals surface area contributed by atoms with Crippen molar-refractivity contribution in [2.45, 2.75) is 43.5 Å². The molecule has 3 heteroatoms. The zero-order valence-electron chi connectivity index (χ0n) is 11.2. The maximum atomic E-state index is 6.26. The van der Waals surface area contributed by atoms with E-state index in [1.165, 1.54) is 11.1 Å². The van der Waals surface area contributed by atoms with E-state index >= 15 is 0 Å². The molecule has 0 radical (unpaired) electrons. The van der Waals surface area contributed by atoms with Crippen LogP contribution in [0.3, 0.4) is 0 Å². The zero-order chi connectivity index (χ0) is 12.8. The maximum Gasteiger partial charge on any atom is 0.171 e. The summed E-state index contributed by atoms with van der Waals surface area (Å²) < 4.78 is 18.1. The van der Waals surface area contributed by atoms with Crippen molar-refractivity contribution in [2.75, 3.05) is 19.8 Å². The molecule has 0 aromatic heterocycles. The minimum Gasteiger partial charge on any atom is -0.370 e. The van der Waals surface area contributed by atoms with Crippen LogP contribution in [-0.2, 0) is 26.2 Å². The Labute approximate surface area is 113 Å². The van der Waals surface area contributed by atoms with Gasteiger partial charge in [-0.2, -0.15) is 0 Å². The van der Waals surface area contributed by atoms with E-state index in [0.717, 1.165) is 51.9 Å². The van der Waals surface area contributed by atoms with Crippen molar-refractivity contribution in [2.24, 2.45) is 0 Å². The van der Waals surface area contributed by atoms with E-state index in [-0.39, 0.29) is 11.4 Å². The standard InChI is InChI=1S/C16H20O3/c1-2-5-14-13(4-1)6-9-17-15(14)7-3-8-16(12-15)18-10-11-19-16/h1-2,4-5H,3,6-12H2. The molecule has 1 saturated heterocycles. The summed E-state index contributed by atoms with van der Waals surface area (Å²) in [4.78, 5) is 0. The highest BCUT2D eigenvalue weighted by molar-refractivity contribution is 5.35. The van der Waals surface area contributed by atoms with E-state index in [1.54, 1.807) is 0 Å². The Morgan fingerprint density at radius 3 is 2.63 bits per heavy atom. The molecule has 1 saturated carbocycles. The fourth-order valence-corrected chi connectivity index (χ4v) is 3.97. The van der Waals surface area contributed by atoms with Crippen LogP contribution in [0, 0.1) is 0 Å². The van der Waals surface area contributed by atoms with Crippen LogP contribution in [0.15, 0.2) is 24.3 Å². The van der Waals surface area contributed by atoms with Crippen LogP contribution in [-0.4, -0.2) is 25.6 Å². The number of ether oxygens (including phenoxy) is 3. The van der Waals surface area contributed by atoms with Gasteiger partial charge in [-0.05, 0) is 30.4 Å². The average Bonchev–Trinajstić information content (AvgIpc) is 2.87. The highest BCUT2D eigenvalue weighted by Gasteiger charge is 2.51. The van der Waals surface area contributed by atoms with Gasteiger partial charge in [0, 0.05) is 12.8 Å². The van der Waals surface area contributed by atoms with Crippen LogP contribution >= 0.6 is 0 Å². The summed E-state index contributed by atoms with van der Waals surface area (Å²) >= 11 is 0. The second kappa shape index (κ2) is 4.30. The van der Waals surface area contributed by atoms with Crippen molar-refractivity contribution < 1.29 is 14.2 Å². The van der Waals surface area contributed by atoms with Crippen molar-refractivity contribution in [3.05, 3.63) is 35.4 Å². The molecule has 0 bridgehead atoms. The topological polar surface area (TPSA) is 27.7 Å². The van der Waals surface area contributed by atoms with Crippen LogP contribution in [0.1, 0.15) is 36.8 Å². The molecule has 102 valence electrons. The normalized spacial score (nSPS) is 32.6. The summed E-state index contributed by atoms with van der Waals surface area (Å²) in [6.45, 7) is 2.25. The van der Waals surface area contributed by atoms with E-state index in [2.05, 4.69) is 24.3 Å². The maximum absolute atomic E-state index is 6.26. The van der Waals surface area contributed by atoms with Crippen molar-refractivity contribution in [3.63, 3.8) is 0 Å². The van der Waals surface area contributed by atoms with Gasteiger partial charge in [0.15, 0.2) is 5.79 Å². The quantitative estimate of drug-likeness (QED) is 0.718. The molecule has 1 aromatic rings. The van der Waals surface area contributed by atoms with Gasteiger partial charge in [-0.15, -0.1) is 0 Å². The first-order chi connectivity index (χ1) is 9.32. The van der Waals surface area contributed by atoms with Crippen molar-refractivity contribution in [3.8, 4) is 0 Å². The number of hydrogen-bond donors (Lipinski definition) is 0. The molecule has 1 aromatic carbocycles. The summed E-state index contributed by atoms with van der Waals surface area (Å²) in [5.41, 5.74) is 2.61. The van der Waals surface area contributed by atoms with Gasteiger partial charge in [0.1, 0.15) is 0 Å². The van der Waals surface area contributed by atoms with Gasteiger partial charge in [-0.1, -0.05) is 24.3 Å². The molecule has 4 rings (SSSR count). The molecule has 0 N–H and O–H groups in total. The number of rotatable bonds is 0. The molecular weight excluding hydrogens is 240 g/mol. The molecule has 19 heavy (non-hydrogen) atoms. The van der Waals surface area contributed by atoms with Crippen LogP contribution < -0.4 is 0 Å². The molecule has 1 unspecified atom stereocenters. The predicted octanol–water partition coefficient (Wildman–Crippen LogP) is 2.77. The van der Waals surface area contributed by atoms with Crippen molar-refractivity contribution in [1.29, 1.82) is 0 Å². The van der Waals surface area contributed by atoms with Gasteiger partial charge in [0.25, 0.3) is 0 Å². The summed E-state index contributed by atoms with van der Waals surface area (Å²) in [5.74, 6) is -0.386. The first kappa shape index (κ1) is 11.9. The van der Waals surface area contributed by atoms with Crippen LogP contribution in [0.25, 0.3) is 0 Å². The highest BCUT2D eigenvalue weighted by atomic mass is 16.7. The van der Waals surface area contributed by atoms with Crippen LogP contribution in [0.4, 0.5) is 0 Å². The third kappa shape index (κ3) is 1.83. The molecule has 1 aliphatic carbocycles. The Morgan fingerprint density at radius 2 is 1.74 bits per heavy atom. The number of benzene rings is 1. The van der Waals surface area contributed by atoms with E-state index in [0.29, 0.717) is 0 Å². The smallest absolute Gasteiger partial charge is 0.171 e. The molecule has 3 aliphatic rings. The lowest BCUT2D eigenvalue weighted by atomic mass is 9.73. The SMILES string of the molecule is c1ccc2c(c1)CCOC21CCCC2(C1)OCCO2. The van der Waals surface area contributed by atoms with Gasteiger partial charge >= 0.3 is 0 Å². The third-order valence-corrected chi connectivity index (χ3v) is 4.76. The van der Waals surface area contributed by atoms with Gasteiger partial charge in [0.2, 0.25) is 0 Å². The molecular formula is C16H20O3. The lowest BCUT2D eigenvalue weighted by Crippen LogP contribution is -2.48. The summed E-state index contributed by atoms with van der Waals surface area (Å²) in [6.07, 6.45) is 5.05. The molecule has 3 nitrogen and oxygen atoms in total.